The first-order valence-electron chi connectivity index (χ1n) is 9.31. The van der Waals surface area contributed by atoms with E-state index in [9.17, 15) is 19.7 Å². The Bertz CT molecular complexity index is 1530. The Morgan fingerprint density at radius 1 is 0.871 bits per heavy atom. The maximum Gasteiger partial charge on any atom is 0.347 e. The number of benzene rings is 2. The van der Waals surface area contributed by atoms with Gasteiger partial charge in [-0.3, -0.25) is 10.1 Å². The van der Waals surface area contributed by atoms with Crippen molar-refractivity contribution in [2.24, 2.45) is 0 Å². The van der Waals surface area contributed by atoms with E-state index in [2.05, 4.69) is 9.97 Å². The third-order valence-electron chi connectivity index (χ3n) is 5.24. The lowest BCUT2D eigenvalue weighted by Crippen LogP contribution is -2.42. The summed E-state index contributed by atoms with van der Waals surface area (Å²) in [5.74, 6) is -1.79. The third kappa shape index (κ3) is 2.78. The number of hydrogen-bond acceptors (Lipinski definition) is 8. The number of allylic oxidation sites excluding steroid dienone is 2. The molecule has 152 valence electrons. The molecular formula is C22H13N3O6. The normalized spacial score (nSPS) is 20.3. The minimum Gasteiger partial charge on any atom is -0.407 e. The standard InChI is InChI=1S/C22H13N3O6/c26-19-13-7-1-3-10-16(13)23-18(30-19)15-9-5-6-12-22(15,25(28)29)21-24-17-11-4-2-8-14(17)20(27)31-21/h1-12,15H. The van der Waals surface area contributed by atoms with Crippen molar-refractivity contribution in [3.05, 3.63) is 116 Å². The predicted octanol–water partition coefficient (Wildman–Crippen LogP) is 3.07. The average molecular weight is 415 g/mol. The molecule has 5 rings (SSSR count). The maximum absolute atomic E-state index is 12.5. The highest BCUT2D eigenvalue weighted by molar-refractivity contribution is 5.77. The first-order valence-corrected chi connectivity index (χ1v) is 9.31. The molecule has 2 heterocycles. The quantitative estimate of drug-likeness (QED) is 0.369. The Morgan fingerprint density at radius 3 is 2.16 bits per heavy atom. The van der Waals surface area contributed by atoms with Crippen LogP contribution in [0.1, 0.15) is 17.7 Å². The van der Waals surface area contributed by atoms with Crippen molar-refractivity contribution in [2.45, 2.75) is 11.5 Å². The smallest absolute Gasteiger partial charge is 0.347 e. The molecule has 1 aliphatic rings. The van der Waals surface area contributed by atoms with Gasteiger partial charge in [0.25, 0.3) is 5.89 Å². The molecule has 0 fully saturated rings. The Balaban J connectivity index is 1.79. The summed E-state index contributed by atoms with van der Waals surface area (Å²) < 4.78 is 10.7. The minimum absolute atomic E-state index is 0.182. The second kappa shape index (κ2) is 6.84. The largest absolute Gasteiger partial charge is 0.407 e. The summed E-state index contributed by atoms with van der Waals surface area (Å²) in [6, 6.07) is 12.9. The summed E-state index contributed by atoms with van der Waals surface area (Å²) in [7, 11) is 0. The zero-order chi connectivity index (χ0) is 21.6. The van der Waals surface area contributed by atoms with Gasteiger partial charge >= 0.3 is 16.8 Å². The van der Waals surface area contributed by atoms with Gasteiger partial charge in [0, 0.05) is 11.0 Å². The fourth-order valence-corrected chi connectivity index (χ4v) is 3.71. The number of nitro groups is 1. The van der Waals surface area contributed by atoms with Crippen LogP contribution in [-0.2, 0) is 5.54 Å². The van der Waals surface area contributed by atoms with Gasteiger partial charge in [-0.1, -0.05) is 42.5 Å². The number of aromatic nitrogens is 2. The van der Waals surface area contributed by atoms with Gasteiger partial charge in [-0.05, 0) is 24.3 Å². The van der Waals surface area contributed by atoms with Gasteiger partial charge < -0.3 is 8.83 Å². The van der Waals surface area contributed by atoms with E-state index in [1.165, 1.54) is 24.3 Å². The SMILES string of the molecule is O=c1oc(C2C=CC=CC2(c2nc3ccccc3c(=O)o2)[N+](=O)[O-])nc2ccccc12. The van der Waals surface area contributed by atoms with Crippen LogP contribution in [0.4, 0.5) is 0 Å². The molecule has 0 aliphatic heterocycles. The highest BCUT2D eigenvalue weighted by atomic mass is 16.6. The fourth-order valence-electron chi connectivity index (χ4n) is 3.71. The van der Waals surface area contributed by atoms with Gasteiger partial charge in [-0.15, -0.1) is 0 Å². The van der Waals surface area contributed by atoms with Gasteiger partial charge in [-0.25, -0.2) is 19.6 Å². The molecule has 0 bridgehead atoms. The van der Waals surface area contributed by atoms with Crippen LogP contribution in [0.15, 0.2) is 91.3 Å². The van der Waals surface area contributed by atoms with Crippen LogP contribution in [0.2, 0.25) is 0 Å². The van der Waals surface area contributed by atoms with Crippen LogP contribution in [0.5, 0.6) is 0 Å². The van der Waals surface area contributed by atoms with Crippen LogP contribution in [0.3, 0.4) is 0 Å². The van der Waals surface area contributed by atoms with Crippen molar-refractivity contribution in [1.82, 2.24) is 9.97 Å². The summed E-state index contributed by atoms with van der Waals surface area (Å²) in [6.07, 6.45) is 5.76. The highest BCUT2D eigenvalue weighted by Gasteiger charge is 2.57. The van der Waals surface area contributed by atoms with Crippen molar-refractivity contribution in [1.29, 1.82) is 0 Å². The van der Waals surface area contributed by atoms with E-state index in [-0.39, 0.29) is 22.2 Å². The Morgan fingerprint density at radius 2 is 1.48 bits per heavy atom. The van der Waals surface area contributed by atoms with E-state index < -0.39 is 33.5 Å². The molecular weight excluding hydrogens is 402 g/mol. The molecule has 0 radical (unpaired) electrons. The molecule has 2 atom stereocenters. The Kier molecular flexibility index (Phi) is 4.11. The van der Waals surface area contributed by atoms with E-state index >= 15 is 0 Å². The van der Waals surface area contributed by atoms with Crippen LogP contribution < -0.4 is 11.3 Å². The molecule has 0 saturated carbocycles. The van der Waals surface area contributed by atoms with Crippen LogP contribution in [-0.4, -0.2) is 14.9 Å². The van der Waals surface area contributed by atoms with E-state index in [0.29, 0.717) is 5.52 Å². The van der Waals surface area contributed by atoms with Crippen molar-refractivity contribution in [3.8, 4) is 0 Å². The van der Waals surface area contributed by atoms with Crippen LogP contribution in [0, 0.1) is 10.1 Å². The van der Waals surface area contributed by atoms with Crippen LogP contribution >= 0.6 is 0 Å². The zero-order valence-electron chi connectivity index (χ0n) is 15.8. The van der Waals surface area contributed by atoms with Gasteiger partial charge in [-0.2, -0.15) is 0 Å². The summed E-state index contributed by atoms with van der Waals surface area (Å²) in [5, 5.41) is 12.9. The van der Waals surface area contributed by atoms with E-state index in [4.69, 9.17) is 8.83 Å². The van der Waals surface area contributed by atoms with Crippen LogP contribution in [0.25, 0.3) is 21.8 Å². The zero-order valence-corrected chi connectivity index (χ0v) is 15.8. The third-order valence-corrected chi connectivity index (χ3v) is 5.24. The predicted molar refractivity (Wildman–Crippen MR) is 110 cm³/mol. The lowest BCUT2D eigenvalue weighted by atomic mass is 9.80. The Labute approximate surface area is 173 Å². The van der Waals surface area contributed by atoms with Crippen molar-refractivity contribution in [3.63, 3.8) is 0 Å². The fraction of sp³-hybridized carbons (Fsp3) is 0.0909. The lowest BCUT2D eigenvalue weighted by molar-refractivity contribution is -0.572. The second-order valence-electron chi connectivity index (χ2n) is 6.98. The van der Waals surface area contributed by atoms with Gasteiger partial charge in [0.1, 0.15) is 5.92 Å². The first kappa shape index (κ1) is 18.6. The molecule has 4 aromatic rings. The highest BCUT2D eigenvalue weighted by Crippen LogP contribution is 2.42. The minimum atomic E-state index is -2.14. The second-order valence-corrected chi connectivity index (χ2v) is 6.98. The number of nitrogens with zero attached hydrogens (tertiary/aromatic N) is 3. The summed E-state index contributed by atoms with van der Waals surface area (Å²) in [5.41, 5.74) is -2.97. The average Bonchev–Trinajstić information content (AvgIpc) is 2.79. The Hall–Kier alpha value is -4.40. The topological polar surface area (TPSA) is 129 Å². The van der Waals surface area contributed by atoms with Gasteiger partial charge in [0.05, 0.1) is 21.8 Å². The molecule has 0 saturated heterocycles. The van der Waals surface area contributed by atoms with Crippen molar-refractivity contribution in [2.75, 3.05) is 0 Å². The summed E-state index contributed by atoms with van der Waals surface area (Å²) >= 11 is 0. The van der Waals surface area contributed by atoms with Crippen molar-refractivity contribution < 1.29 is 13.8 Å². The molecule has 9 nitrogen and oxygen atoms in total. The molecule has 0 spiro atoms. The van der Waals surface area contributed by atoms with E-state index in [1.54, 1.807) is 48.5 Å². The molecule has 31 heavy (non-hydrogen) atoms. The lowest BCUT2D eigenvalue weighted by Gasteiger charge is -2.27. The molecule has 9 heteroatoms. The molecule has 1 aliphatic carbocycles. The molecule has 0 N–H and O–H groups in total. The summed E-state index contributed by atoms with van der Waals surface area (Å²) in [6.45, 7) is 0. The number of fused-ring (bicyclic) bond motifs is 2. The first-order chi connectivity index (χ1) is 15.0. The molecule has 2 aromatic heterocycles. The van der Waals surface area contributed by atoms with E-state index in [0.717, 1.165) is 0 Å². The number of hydrogen-bond donors (Lipinski definition) is 0. The number of para-hydroxylation sites is 2. The molecule has 2 unspecified atom stereocenters. The molecule has 2 aromatic carbocycles. The molecule has 0 amide bonds. The summed E-state index contributed by atoms with van der Waals surface area (Å²) in [4.78, 5) is 45.4. The van der Waals surface area contributed by atoms with Gasteiger partial charge in [0.2, 0.25) is 5.89 Å². The number of rotatable bonds is 3. The van der Waals surface area contributed by atoms with Gasteiger partial charge in [0.15, 0.2) is 0 Å². The van der Waals surface area contributed by atoms with E-state index in [1.807, 2.05) is 0 Å². The maximum atomic E-state index is 12.5. The van der Waals surface area contributed by atoms with Crippen molar-refractivity contribution >= 4 is 21.8 Å². The monoisotopic (exact) mass is 415 g/mol.